The molecule has 0 fully saturated rings. The second-order valence-electron chi connectivity index (χ2n) is 5.10. The van der Waals surface area contributed by atoms with Gasteiger partial charge in [-0.3, -0.25) is 14.4 Å². The summed E-state index contributed by atoms with van der Waals surface area (Å²) in [4.78, 5) is 45.6. The molecular weight excluding hydrogens is 318 g/mol. The van der Waals surface area contributed by atoms with E-state index in [2.05, 4.69) is 10.1 Å². The number of amides is 1. The normalized spacial score (nSPS) is 12.6. The minimum atomic E-state index is -1.93. The highest BCUT2D eigenvalue weighted by Crippen LogP contribution is 2.09. The number of hydrogen-bond donors (Lipinski definition) is 2. The van der Waals surface area contributed by atoms with Crippen molar-refractivity contribution < 1.29 is 33.8 Å². The van der Waals surface area contributed by atoms with Crippen LogP contribution in [0.15, 0.2) is 24.3 Å². The minimum Gasteiger partial charge on any atom is -0.478 e. The predicted molar refractivity (Wildman–Crippen MR) is 81.8 cm³/mol. The molecule has 0 saturated heterocycles. The minimum absolute atomic E-state index is 0.100. The van der Waals surface area contributed by atoms with Gasteiger partial charge >= 0.3 is 17.9 Å². The first kappa shape index (κ1) is 19.1. The van der Waals surface area contributed by atoms with Crippen LogP contribution in [0.4, 0.5) is 0 Å². The van der Waals surface area contributed by atoms with Gasteiger partial charge in [0.1, 0.15) is 0 Å². The van der Waals surface area contributed by atoms with Gasteiger partial charge in [0.2, 0.25) is 12.2 Å². The van der Waals surface area contributed by atoms with Crippen LogP contribution in [0.2, 0.25) is 0 Å². The van der Waals surface area contributed by atoms with E-state index in [0.717, 1.165) is 25.0 Å². The van der Waals surface area contributed by atoms with E-state index in [4.69, 9.17) is 9.84 Å². The van der Waals surface area contributed by atoms with Crippen molar-refractivity contribution in [3.63, 3.8) is 0 Å². The summed E-state index contributed by atoms with van der Waals surface area (Å²) in [5.74, 6) is -4.25. The van der Waals surface area contributed by atoms with Crippen LogP contribution >= 0.6 is 0 Å². The lowest BCUT2D eigenvalue weighted by molar-refractivity contribution is -0.180. The van der Waals surface area contributed by atoms with Crippen LogP contribution < -0.4 is 5.32 Å². The predicted octanol–water partition coefficient (Wildman–Crippen LogP) is 0.559. The molecule has 8 nitrogen and oxygen atoms in total. The van der Waals surface area contributed by atoms with Gasteiger partial charge in [-0.05, 0) is 12.5 Å². The van der Waals surface area contributed by atoms with E-state index in [0.29, 0.717) is 0 Å². The second-order valence-corrected chi connectivity index (χ2v) is 5.10. The molecule has 0 aromatic heterocycles. The number of esters is 2. The number of carbonyl (C=O) groups excluding carboxylic acids is 3. The van der Waals surface area contributed by atoms with Crippen molar-refractivity contribution in [2.75, 3.05) is 0 Å². The van der Waals surface area contributed by atoms with Crippen molar-refractivity contribution in [3.8, 4) is 0 Å². The lowest BCUT2D eigenvalue weighted by Crippen LogP contribution is -2.49. The summed E-state index contributed by atoms with van der Waals surface area (Å²) >= 11 is 0. The molecule has 0 heterocycles. The number of benzene rings is 1. The number of carbonyl (C=O) groups is 4. The molecule has 1 amide bonds. The molecule has 1 aromatic carbocycles. The molecular formula is C16H19NO7. The van der Waals surface area contributed by atoms with Gasteiger partial charge in [0.05, 0.1) is 0 Å². The molecule has 0 aliphatic carbocycles. The molecule has 130 valence electrons. The Morgan fingerprint density at radius 3 is 1.96 bits per heavy atom. The molecule has 0 aliphatic rings. The Bertz CT molecular complexity index is 624. The highest BCUT2D eigenvalue weighted by Gasteiger charge is 2.39. The van der Waals surface area contributed by atoms with Gasteiger partial charge < -0.3 is 19.9 Å². The highest BCUT2D eigenvalue weighted by molar-refractivity contribution is 5.90. The number of nitrogens with one attached hydrogen (secondary N) is 1. The summed E-state index contributed by atoms with van der Waals surface area (Å²) in [6.45, 7) is 4.02. The van der Waals surface area contributed by atoms with Crippen molar-refractivity contribution in [1.29, 1.82) is 0 Å². The Balaban J connectivity index is 2.86. The molecule has 8 heteroatoms. The maximum atomic E-state index is 12.2. The van der Waals surface area contributed by atoms with Crippen molar-refractivity contribution in [3.05, 3.63) is 35.4 Å². The van der Waals surface area contributed by atoms with Gasteiger partial charge in [-0.1, -0.05) is 29.8 Å². The number of carboxylic acid groups (broad SMARTS) is 1. The molecule has 0 radical (unpaired) electrons. The average molecular weight is 337 g/mol. The third kappa shape index (κ3) is 6.07. The molecule has 0 aliphatic heterocycles. The molecule has 1 aromatic rings. The van der Waals surface area contributed by atoms with Crippen LogP contribution in [-0.2, 0) is 35.2 Å². The van der Waals surface area contributed by atoms with E-state index >= 15 is 0 Å². The molecule has 0 spiro atoms. The summed E-state index contributed by atoms with van der Waals surface area (Å²) in [5, 5.41) is 11.6. The van der Waals surface area contributed by atoms with Gasteiger partial charge in [-0.25, -0.2) is 4.79 Å². The average Bonchev–Trinajstić information content (AvgIpc) is 2.49. The Hall–Kier alpha value is -2.90. The third-order valence-corrected chi connectivity index (χ3v) is 2.95. The topological polar surface area (TPSA) is 119 Å². The highest BCUT2D eigenvalue weighted by atomic mass is 16.6. The number of aryl methyl sites for hydroxylation is 1. The van der Waals surface area contributed by atoms with Crippen LogP contribution in [0.25, 0.3) is 0 Å². The zero-order valence-electron chi connectivity index (χ0n) is 13.6. The lowest BCUT2D eigenvalue weighted by atomic mass is 10.1. The van der Waals surface area contributed by atoms with E-state index < -0.39 is 36.0 Å². The molecule has 0 saturated carbocycles. The molecule has 2 atom stereocenters. The molecule has 2 N–H and O–H groups in total. The number of hydrogen-bond acceptors (Lipinski definition) is 6. The summed E-state index contributed by atoms with van der Waals surface area (Å²) in [6, 6.07) is 7.28. The smallest absolute Gasteiger partial charge is 0.349 e. The van der Waals surface area contributed by atoms with Gasteiger partial charge in [0, 0.05) is 20.4 Å². The zero-order chi connectivity index (χ0) is 18.3. The number of rotatable bonds is 7. The van der Waals surface area contributed by atoms with E-state index in [9.17, 15) is 19.2 Å². The zero-order valence-corrected chi connectivity index (χ0v) is 13.6. The fraction of sp³-hybridized carbons (Fsp3) is 0.375. The van der Waals surface area contributed by atoms with E-state index in [1.807, 2.05) is 19.1 Å². The van der Waals surface area contributed by atoms with E-state index in [1.165, 1.54) is 0 Å². The maximum absolute atomic E-state index is 12.2. The van der Waals surface area contributed by atoms with Crippen molar-refractivity contribution in [1.82, 2.24) is 5.32 Å². The SMILES string of the molecule is CC(=O)O[C@H](C(=O)NCc1ccc(C)cc1)[C@@H](OC(C)=O)C(=O)O. The quantitative estimate of drug-likeness (QED) is 0.698. The fourth-order valence-electron chi connectivity index (χ4n) is 1.85. The second kappa shape index (κ2) is 8.66. The molecule has 0 bridgehead atoms. The van der Waals surface area contributed by atoms with Gasteiger partial charge in [0.25, 0.3) is 5.91 Å². The van der Waals surface area contributed by atoms with Crippen LogP contribution in [0.5, 0.6) is 0 Å². The Labute approximate surface area is 138 Å². The van der Waals surface area contributed by atoms with Crippen molar-refractivity contribution in [2.24, 2.45) is 0 Å². The Morgan fingerprint density at radius 2 is 1.50 bits per heavy atom. The summed E-state index contributed by atoms with van der Waals surface area (Å²) in [6.07, 6.45) is -3.71. The van der Waals surface area contributed by atoms with E-state index in [-0.39, 0.29) is 6.54 Å². The summed E-state index contributed by atoms with van der Waals surface area (Å²) in [5.41, 5.74) is 1.82. The standard InChI is InChI=1S/C16H19NO7/c1-9-4-6-12(7-5-9)8-17-15(20)13(23-10(2)18)14(16(21)22)24-11(3)19/h4-7,13-14H,8H2,1-3H3,(H,17,20)(H,21,22)/t13-,14+/m0/s1. The molecule has 1 rings (SSSR count). The van der Waals surface area contributed by atoms with Gasteiger partial charge in [-0.2, -0.15) is 0 Å². The van der Waals surface area contributed by atoms with Crippen molar-refractivity contribution in [2.45, 2.75) is 39.5 Å². The first-order valence-corrected chi connectivity index (χ1v) is 7.11. The Morgan fingerprint density at radius 1 is 1.00 bits per heavy atom. The number of carboxylic acids is 1. The van der Waals surface area contributed by atoms with Gasteiger partial charge in [0.15, 0.2) is 0 Å². The largest absolute Gasteiger partial charge is 0.478 e. The monoisotopic (exact) mass is 337 g/mol. The molecule has 0 unspecified atom stereocenters. The van der Waals surface area contributed by atoms with Crippen LogP contribution in [0.1, 0.15) is 25.0 Å². The first-order valence-electron chi connectivity index (χ1n) is 7.11. The first-order chi connectivity index (χ1) is 11.2. The fourth-order valence-corrected chi connectivity index (χ4v) is 1.85. The lowest BCUT2D eigenvalue weighted by Gasteiger charge is -2.22. The third-order valence-electron chi connectivity index (χ3n) is 2.95. The maximum Gasteiger partial charge on any atom is 0.349 e. The summed E-state index contributed by atoms with van der Waals surface area (Å²) in [7, 11) is 0. The van der Waals surface area contributed by atoms with Crippen LogP contribution in [-0.4, -0.2) is 41.1 Å². The number of aliphatic carboxylic acids is 1. The van der Waals surface area contributed by atoms with Gasteiger partial charge in [-0.15, -0.1) is 0 Å². The Kier molecular flexibility index (Phi) is 6.91. The number of ether oxygens (including phenoxy) is 2. The van der Waals surface area contributed by atoms with Crippen LogP contribution in [0.3, 0.4) is 0 Å². The van der Waals surface area contributed by atoms with Crippen molar-refractivity contribution >= 4 is 23.8 Å². The summed E-state index contributed by atoms with van der Waals surface area (Å²) < 4.78 is 9.32. The van der Waals surface area contributed by atoms with Crippen LogP contribution in [0, 0.1) is 6.92 Å². The molecule has 24 heavy (non-hydrogen) atoms. The van der Waals surface area contributed by atoms with E-state index in [1.54, 1.807) is 12.1 Å².